The van der Waals surface area contributed by atoms with Crippen molar-refractivity contribution in [1.82, 2.24) is 25.3 Å². The van der Waals surface area contributed by atoms with Gasteiger partial charge in [0, 0.05) is 44.2 Å². The quantitative estimate of drug-likeness (QED) is 0.581. The summed E-state index contributed by atoms with van der Waals surface area (Å²) in [5.74, 6) is 3.45. The van der Waals surface area contributed by atoms with Gasteiger partial charge in [0.15, 0.2) is 5.82 Å². The van der Waals surface area contributed by atoms with Gasteiger partial charge in [0.25, 0.3) is 0 Å². The van der Waals surface area contributed by atoms with Gasteiger partial charge in [-0.15, -0.1) is 0 Å². The van der Waals surface area contributed by atoms with Crippen molar-refractivity contribution in [3.05, 3.63) is 35.0 Å². The number of alkyl carbamates (subject to hydrolysis) is 1. The highest BCUT2D eigenvalue weighted by atomic mass is 35.5. The average molecular weight is 530 g/mol. The normalized spacial score (nSPS) is 25.6. The Morgan fingerprint density at radius 2 is 2.08 bits per heavy atom. The molecular formula is C24H28ClN7O3S. The van der Waals surface area contributed by atoms with E-state index >= 15 is 0 Å². The van der Waals surface area contributed by atoms with E-state index < -0.39 is 16.9 Å². The molecular weight excluding hydrogens is 502 g/mol. The number of amides is 1. The molecule has 0 radical (unpaired) electrons. The van der Waals surface area contributed by atoms with E-state index in [0.717, 1.165) is 50.3 Å². The fraction of sp³-hybridized carbons (Fsp3) is 0.542. The lowest BCUT2D eigenvalue weighted by Crippen LogP contribution is -2.54. The maximum atomic E-state index is 12.8. The third kappa shape index (κ3) is 4.32. The highest BCUT2D eigenvalue weighted by Gasteiger charge is 2.42. The van der Waals surface area contributed by atoms with Gasteiger partial charge in [-0.1, -0.05) is 17.7 Å². The Morgan fingerprint density at radius 3 is 2.78 bits per heavy atom. The number of fused-ring (bicyclic) bond motifs is 2. The van der Waals surface area contributed by atoms with E-state index in [2.05, 4.69) is 31.6 Å². The Labute approximate surface area is 216 Å². The molecule has 190 valence electrons. The van der Waals surface area contributed by atoms with Crippen LogP contribution in [-0.2, 0) is 22.0 Å². The first-order chi connectivity index (χ1) is 17.4. The van der Waals surface area contributed by atoms with Crippen LogP contribution in [0.1, 0.15) is 37.2 Å². The SMILES string of the molecule is COC(=O)NCC1(Nc2nc(N3CC4C=C(c5ncc(Cl)cn5)CC4C3)nc3c2S(=O)CC3)CCC1. The molecule has 1 amide bonds. The molecule has 2 aliphatic carbocycles. The van der Waals surface area contributed by atoms with E-state index in [1.54, 1.807) is 12.4 Å². The van der Waals surface area contributed by atoms with Gasteiger partial charge in [0.1, 0.15) is 10.7 Å². The number of hydrogen-bond acceptors (Lipinski definition) is 9. The van der Waals surface area contributed by atoms with Crippen LogP contribution < -0.4 is 15.5 Å². The summed E-state index contributed by atoms with van der Waals surface area (Å²) in [5.41, 5.74) is 1.70. The topological polar surface area (TPSA) is 122 Å². The van der Waals surface area contributed by atoms with Crippen molar-refractivity contribution in [1.29, 1.82) is 0 Å². The number of nitrogens with one attached hydrogen (secondary N) is 2. The first kappa shape index (κ1) is 23.6. The molecule has 2 aliphatic heterocycles. The van der Waals surface area contributed by atoms with Crippen molar-refractivity contribution in [3.8, 4) is 0 Å². The molecule has 2 aromatic heterocycles. The lowest BCUT2D eigenvalue weighted by molar-refractivity contribution is 0.163. The van der Waals surface area contributed by atoms with Crippen LogP contribution in [0.2, 0.25) is 5.02 Å². The van der Waals surface area contributed by atoms with Gasteiger partial charge < -0.3 is 20.3 Å². The molecule has 0 aromatic carbocycles. The predicted octanol–water partition coefficient (Wildman–Crippen LogP) is 2.81. The molecule has 1 saturated carbocycles. The standard InChI is InChI=1S/C24H28ClN7O3S/c1-35-23(33)28-13-24(4-2-5-24)31-21-19-18(3-6-36(19)34)29-22(30-21)32-11-15-7-14(8-16(15)12-32)20-26-9-17(25)10-27-20/h7,9-10,15-16H,2-6,8,11-13H2,1H3,(H,28,33)(H,29,30,31). The Bertz CT molecular complexity index is 1250. The molecule has 2 aromatic rings. The largest absolute Gasteiger partial charge is 0.453 e. The van der Waals surface area contributed by atoms with Crippen molar-refractivity contribution < 1.29 is 13.7 Å². The number of halogens is 1. The molecule has 2 fully saturated rings. The zero-order chi connectivity index (χ0) is 24.9. The summed E-state index contributed by atoms with van der Waals surface area (Å²) in [6.07, 6.45) is 9.52. The average Bonchev–Trinajstić information content (AvgIpc) is 3.54. The molecule has 3 unspecified atom stereocenters. The first-order valence-electron chi connectivity index (χ1n) is 12.3. The number of nitrogens with zero attached hydrogens (tertiary/aromatic N) is 5. The van der Waals surface area contributed by atoms with Crippen LogP contribution in [0, 0.1) is 11.8 Å². The third-order valence-electron chi connectivity index (χ3n) is 7.71. The minimum absolute atomic E-state index is 0.321. The number of carbonyl (C=O) groups excluding carboxylic acids is 1. The van der Waals surface area contributed by atoms with Gasteiger partial charge in [-0.3, -0.25) is 4.21 Å². The molecule has 3 atom stereocenters. The maximum absolute atomic E-state index is 12.8. The number of hydrogen-bond donors (Lipinski definition) is 2. The molecule has 10 nitrogen and oxygen atoms in total. The van der Waals surface area contributed by atoms with E-state index in [-0.39, 0.29) is 5.54 Å². The number of methoxy groups -OCH3 is 1. The molecule has 1 saturated heterocycles. The smallest absolute Gasteiger partial charge is 0.406 e. The second-order valence-corrected chi connectivity index (χ2v) is 11.9. The Kier molecular flexibility index (Phi) is 6.07. The highest BCUT2D eigenvalue weighted by molar-refractivity contribution is 7.85. The van der Waals surface area contributed by atoms with Crippen LogP contribution in [0.15, 0.2) is 23.4 Å². The van der Waals surface area contributed by atoms with Crippen LogP contribution in [0.25, 0.3) is 5.57 Å². The van der Waals surface area contributed by atoms with Crippen LogP contribution in [0.5, 0.6) is 0 Å². The Morgan fingerprint density at radius 1 is 1.28 bits per heavy atom. The molecule has 0 bridgehead atoms. The zero-order valence-corrected chi connectivity index (χ0v) is 21.6. The molecule has 0 spiro atoms. The molecule has 2 N–H and O–H groups in total. The number of ether oxygens (including phenoxy) is 1. The first-order valence-corrected chi connectivity index (χ1v) is 14.0. The van der Waals surface area contributed by atoms with Crippen LogP contribution >= 0.6 is 11.6 Å². The van der Waals surface area contributed by atoms with Crippen molar-refractivity contribution in [2.75, 3.05) is 42.7 Å². The van der Waals surface area contributed by atoms with Gasteiger partial charge >= 0.3 is 6.09 Å². The van der Waals surface area contributed by atoms with Crippen molar-refractivity contribution in [3.63, 3.8) is 0 Å². The molecule has 6 rings (SSSR count). The number of anilines is 2. The molecule has 4 aliphatic rings. The second-order valence-electron chi connectivity index (χ2n) is 10.0. The lowest BCUT2D eigenvalue weighted by atomic mass is 9.76. The maximum Gasteiger partial charge on any atom is 0.406 e. The van der Waals surface area contributed by atoms with Gasteiger partial charge in [-0.2, -0.15) is 4.98 Å². The van der Waals surface area contributed by atoms with Gasteiger partial charge in [-0.25, -0.2) is 19.7 Å². The van der Waals surface area contributed by atoms with Gasteiger partial charge in [0.05, 0.1) is 34.2 Å². The second kappa shape index (κ2) is 9.26. The number of aryl methyl sites for hydroxylation is 1. The summed E-state index contributed by atoms with van der Waals surface area (Å²) in [6, 6.07) is 0. The minimum atomic E-state index is -1.13. The fourth-order valence-corrected chi connectivity index (χ4v) is 7.05. The lowest BCUT2D eigenvalue weighted by Gasteiger charge is -2.43. The van der Waals surface area contributed by atoms with Crippen molar-refractivity contribution in [2.24, 2.45) is 11.8 Å². The number of rotatable bonds is 6. The predicted molar refractivity (Wildman–Crippen MR) is 136 cm³/mol. The van der Waals surface area contributed by atoms with E-state index in [4.69, 9.17) is 26.3 Å². The molecule has 4 heterocycles. The zero-order valence-electron chi connectivity index (χ0n) is 20.0. The third-order valence-corrected chi connectivity index (χ3v) is 9.36. The number of carbonyl (C=O) groups is 1. The summed E-state index contributed by atoms with van der Waals surface area (Å²) >= 11 is 5.94. The summed E-state index contributed by atoms with van der Waals surface area (Å²) in [5, 5.41) is 6.92. The highest BCUT2D eigenvalue weighted by Crippen LogP contribution is 2.42. The van der Waals surface area contributed by atoms with E-state index in [9.17, 15) is 9.00 Å². The summed E-state index contributed by atoms with van der Waals surface area (Å²) in [4.78, 5) is 33.2. The number of allylic oxidation sites excluding steroid dienone is 1. The van der Waals surface area contributed by atoms with Crippen molar-refractivity contribution in [2.45, 2.75) is 42.5 Å². The monoisotopic (exact) mass is 529 g/mol. The van der Waals surface area contributed by atoms with E-state index in [0.29, 0.717) is 52.2 Å². The number of aromatic nitrogens is 4. The van der Waals surface area contributed by atoms with Crippen LogP contribution in [0.3, 0.4) is 0 Å². The van der Waals surface area contributed by atoms with Crippen molar-refractivity contribution >= 4 is 45.8 Å². The Hall–Kier alpha value is -2.79. The van der Waals surface area contributed by atoms with Gasteiger partial charge in [0.2, 0.25) is 5.95 Å². The van der Waals surface area contributed by atoms with E-state index in [1.165, 1.54) is 12.7 Å². The Balaban J connectivity index is 1.23. The van der Waals surface area contributed by atoms with Crippen LogP contribution in [0.4, 0.5) is 16.6 Å². The summed E-state index contributed by atoms with van der Waals surface area (Å²) in [7, 11) is 0.227. The molecule has 36 heavy (non-hydrogen) atoms. The fourth-order valence-electron chi connectivity index (χ4n) is 5.64. The minimum Gasteiger partial charge on any atom is -0.453 e. The molecule has 12 heteroatoms. The summed E-state index contributed by atoms with van der Waals surface area (Å²) < 4.78 is 17.6. The van der Waals surface area contributed by atoms with Gasteiger partial charge in [-0.05, 0) is 43.1 Å². The van der Waals surface area contributed by atoms with Crippen LogP contribution in [-0.4, -0.2) is 68.3 Å². The summed E-state index contributed by atoms with van der Waals surface area (Å²) in [6.45, 7) is 2.08. The van der Waals surface area contributed by atoms with E-state index in [1.807, 2.05) is 0 Å².